The van der Waals surface area contributed by atoms with Gasteiger partial charge in [-0.15, -0.1) is 0 Å². The topological polar surface area (TPSA) is 57.2 Å². The van der Waals surface area contributed by atoms with E-state index in [4.69, 9.17) is 9.68 Å². The number of allylic oxidation sites excluding steroid dienone is 2. The molecule has 4 heteroatoms. The van der Waals surface area contributed by atoms with E-state index < -0.39 is 0 Å². The molecule has 0 unspecified atom stereocenters. The second-order valence-corrected chi connectivity index (χ2v) is 6.47. The highest BCUT2D eigenvalue weighted by molar-refractivity contribution is 6.04. The number of nitrogens with zero attached hydrogens (tertiary/aromatic N) is 2. The molecule has 26 heavy (non-hydrogen) atoms. The Morgan fingerprint density at radius 1 is 1.00 bits per heavy atom. The molecule has 3 aromatic rings. The van der Waals surface area contributed by atoms with E-state index in [1.54, 1.807) is 13.0 Å². The van der Waals surface area contributed by atoms with Gasteiger partial charge in [-0.2, -0.15) is 5.26 Å². The summed E-state index contributed by atoms with van der Waals surface area (Å²) in [5, 5.41) is 11.4. The molecule has 0 amide bonds. The SMILES string of the molecule is CC(=O)C(C#N)=C(C)c1ccc(-c2ccc3cc(N(C)C)ccc3c2)o1. The van der Waals surface area contributed by atoms with Crippen molar-refractivity contribution < 1.29 is 9.21 Å². The normalized spacial score (nSPS) is 11.8. The van der Waals surface area contributed by atoms with Crippen molar-refractivity contribution in [2.24, 2.45) is 0 Å². The summed E-state index contributed by atoms with van der Waals surface area (Å²) in [6.07, 6.45) is 0. The van der Waals surface area contributed by atoms with Gasteiger partial charge in [-0.1, -0.05) is 18.2 Å². The molecule has 1 aromatic heterocycles. The Morgan fingerprint density at radius 2 is 1.69 bits per heavy atom. The van der Waals surface area contributed by atoms with E-state index in [9.17, 15) is 4.79 Å². The molecule has 4 nitrogen and oxygen atoms in total. The van der Waals surface area contributed by atoms with Crippen molar-refractivity contribution >= 4 is 27.8 Å². The van der Waals surface area contributed by atoms with Crippen molar-refractivity contribution in [2.45, 2.75) is 13.8 Å². The fourth-order valence-corrected chi connectivity index (χ4v) is 2.91. The van der Waals surface area contributed by atoms with Crippen LogP contribution in [0.15, 0.2) is 58.5 Å². The van der Waals surface area contributed by atoms with Gasteiger partial charge in [0, 0.05) is 30.9 Å². The molecule has 0 saturated carbocycles. The van der Waals surface area contributed by atoms with Gasteiger partial charge >= 0.3 is 0 Å². The van der Waals surface area contributed by atoms with E-state index in [2.05, 4.69) is 35.2 Å². The minimum atomic E-state index is -0.259. The number of ketones is 1. The molecule has 0 spiro atoms. The molecule has 0 fully saturated rings. The summed E-state index contributed by atoms with van der Waals surface area (Å²) in [5.74, 6) is 0.985. The summed E-state index contributed by atoms with van der Waals surface area (Å²) in [5.41, 5.74) is 2.79. The predicted octanol–water partition coefficient (Wildman–Crippen LogP) is 5.05. The smallest absolute Gasteiger partial charge is 0.170 e. The second kappa shape index (κ2) is 6.89. The van der Waals surface area contributed by atoms with Gasteiger partial charge in [0.1, 0.15) is 23.2 Å². The molecule has 2 aromatic carbocycles. The Kier molecular flexibility index (Phi) is 4.64. The Labute approximate surface area is 153 Å². The largest absolute Gasteiger partial charge is 0.456 e. The molecule has 0 N–H and O–H groups in total. The number of fused-ring (bicyclic) bond motifs is 1. The van der Waals surface area contributed by atoms with Gasteiger partial charge in [-0.25, -0.2) is 0 Å². The lowest BCUT2D eigenvalue weighted by Gasteiger charge is -2.13. The first-order valence-corrected chi connectivity index (χ1v) is 8.34. The lowest BCUT2D eigenvalue weighted by Crippen LogP contribution is -2.07. The number of nitriles is 1. The maximum absolute atomic E-state index is 11.6. The molecule has 3 rings (SSSR count). The van der Waals surface area contributed by atoms with Gasteiger partial charge in [-0.3, -0.25) is 4.79 Å². The van der Waals surface area contributed by atoms with Crippen LogP contribution < -0.4 is 4.90 Å². The lowest BCUT2D eigenvalue weighted by molar-refractivity contribution is -0.113. The molecule has 0 radical (unpaired) electrons. The summed E-state index contributed by atoms with van der Waals surface area (Å²) in [6.45, 7) is 3.11. The standard InChI is InChI=1S/C22H20N2O2/c1-14(20(13-23)15(2)25)21-9-10-22(26-21)18-6-5-17-12-19(24(3)4)8-7-16(17)11-18/h5-12H,1-4H3. The maximum atomic E-state index is 11.6. The van der Waals surface area contributed by atoms with Gasteiger partial charge in [0.15, 0.2) is 5.78 Å². The van der Waals surface area contributed by atoms with Crippen LogP contribution in [0, 0.1) is 11.3 Å². The van der Waals surface area contributed by atoms with Crippen LogP contribution >= 0.6 is 0 Å². The molecule has 130 valence electrons. The van der Waals surface area contributed by atoms with Crippen LogP contribution in [-0.2, 0) is 4.79 Å². The third kappa shape index (κ3) is 3.25. The Bertz CT molecular complexity index is 1070. The molecular formula is C22H20N2O2. The summed E-state index contributed by atoms with van der Waals surface area (Å²) in [6, 6.07) is 18.1. The highest BCUT2D eigenvalue weighted by Crippen LogP contribution is 2.30. The summed E-state index contributed by atoms with van der Waals surface area (Å²) in [7, 11) is 4.04. The van der Waals surface area contributed by atoms with Crippen molar-refractivity contribution in [1.29, 1.82) is 5.26 Å². The van der Waals surface area contributed by atoms with E-state index in [0.717, 1.165) is 22.0 Å². The predicted molar refractivity (Wildman–Crippen MR) is 105 cm³/mol. The lowest BCUT2D eigenvalue weighted by atomic mass is 10.0. The zero-order valence-corrected chi connectivity index (χ0v) is 15.3. The molecule has 0 atom stereocenters. The second-order valence-electron chi connectivity index (χ2n) is 6.47. The van der Waals surface area contributed by atoms with Gasteiger partial charge < -0.3 is 9.32 Å². The fraction of sp³-hybridized carbons (Fsp3) is 0.182. The third-order valence-electron chi connectivity index (χ3n) is 4.44. The number of carbonyl (C=O) groups excluding carboxylic acids is 1. The van der Waals surface area contributed by atoms with Crippen LogP contribution in [-0.4, -0.2) is 19.9 Å². The van der Waals surface area contributed by atoms with Crippen molar-refractivity contribution in [3.8, 4) is 17.4 Å². The first-order chi connectivity index (χ1) is 12.4. The van der Waals surface area contributed by atoms with Gasteiger partial charge in [0.2, 0.25) is 0 Å². The summed E-state index contributed by atoms with van der Waals surface area (Å²) in [4.78, 5) is 13.6. The van der Waals surface area contributed by atoms with E-state index in [1.807, 2.05) is 32.3 Å². The Hall–Kier alpha value is -3.32. The highest BCUT2D eigenvalue weighted by atomic mass is 16.3. The van der Waals surface area contributed by atoms with Crippen molar-refractivity contribution in [3.63, 3.8) is 0 Å². The van der Waals surface area contributed by atoms with Crippen LogP contribution in [0.2, 0.25) is 0 Å². The number of furan rings is 1. The van der Waals surface area contributed by atoms with Gasteiger partial charge in [0.25, 0.3) is 0 Å². The average molecular weight is 344 g/mol. The molecule has 0 aliphatic rings. The maximum Gasteiger partial charge on any atom is 0.170 e. The van der Waals surface area contributed by atoms with Crippen LogP contribution in [0.5, 0.6) is 0 Å². The number of benzene rings is 2. The minimum absolute atomic E-state index is 0.126. The van der Waals surface area contributed by atoms with Crippen LogP contribution in [0.4, 0.5) is 5.69 Å². The van der Waals surface area contributed by atoms with Gasteiger partial charge in [0.05, 0.1) is 0 Å². The van der Waals surface area contributed by atoms with Crippen molar-refractivity contribution in [3.05, 3.63) is 59.9 Å². The van der Waals surface area contributed by atoms with E-state index in [0.29, 0.717) is 17.1 Å². The fourth-order valence-electron chi connectivity index (χ4n) is 2.91. The number of carbonyl (C=O) groups is 1. The number of hydrogen-bond donors (Lipinski definition) is 0. The summed E-state index contributed by atoms with van der Waals surface area (Å²) >= 11 is 0. The molecule has 1 heterocycles. The Balaban J connectivity index is 2.01. The van der Waals surface area contributed by atoms with Gasteiger partial charge in [-0.05, 0) is 55.0 Å². The zero-order valence-electron chi connectivity index (χ0n) is 15.3. The number of Topliss-reactive ketones (excluding diaryl/α,β-unsaturated/α-hetero) is 1. The monoisotopic (exact) mass is 344 g/mol. The number of anilines is 1. The van der Waals surface area contributed by atoms with E-state index in [-0.39, 0.29) is 11.4 Å². The quantitative estimate of drug-likeness (QED) is 0.491. The highest BCUT2D eigenvalue weighted by Gasteiger charge is 2.13. The van der Waals surface area contributed by atoms with Crippen molar-refractivity contribution in [2.75, 3.05) is 19.0 Å². The Morgan fingerprint density at radius 3 is 2.35 bits per heavy atom. The number of hydrogen-bond acceptors (Lipinski definition) is 4. The van der Waals surface area contributed by atoms with E-state index in [1.165, 1.54) is 6.92 Å². The first-order valence-electron chi connectivity index (χ1n) is 8.34. The summed E-state index contributed by atoms with van der Waals surface area (Å²) < 4.78 is 5.91. The number of rotatable bonds is 4. The zero-order chi connectivity index (χ0) is 18.8. The van der Waals surface area contributed by atoms with Crippen LogP contribution in [0.25, 0.3) is 27.7 Å². The molecule has 0 aliphatic carbocycles. The molecular weight excluding hydrogens is 324 g/mol. The first kappa shape index (κ1) is 17.5. The van der Waals surface area contributed by atoms with Crippen LogP contribution in [0.1, 0.15) is 19.6 Å². The molecule has 0 bridgehead atoms. The van der Waals surface area contributed by atoms with E-state index >= 15 is 0 Å². The van der Waals surface area contributed by atoms with Crippen molar-refractivity contribution in [1.82, 2.24) is 0 Å². The molecule has 0 aliphatic heterocycles. The minimum Gasteiger partial charge on any atom is -0.456 e. The average Bonchev–Trinajstić information content (AvgIpc) is 3.11. The van der Waals surface area contributed by atoms with Crippen LogP contribution in [0.3, 0.4) is 0 Å². The molecule has 0 saturated heterocycles. The third-order valence-corrected chi connectivity index (χ3v) is 4.44.